The normalized spacial score (nSPS) is 12.9. The average Bonchev–Trinajstić information content (AvgIpc) is 2.88. The fraction of sp³-hybridized carbons (Fsp3) is 0.583. The lowest BCUT2D eigenvalue weighted by Crippen LogP contribution is -2.53. The second-order valence-electron chi connectivity index (χ2n) is 13.3. The fourth-order valence-corrected chi connectivity index (χ4v) is 5.33. The lowest BCUT2D eigenvalue weighted by molar-refractivity contribution is -0.141. The first-order chi connectivity index (χ1) is 20.2. The van der Waals surface area contributed by atoms with Crippen LogP contribution in [0.25, 0.3) is 0 Å². The van der Waals surface area contributed by atoms with E-state index in [1.54, 1.807) is 25.7 Å². The van der Waals surface area contributed by atoms with Crippen LogP contribution in [0.15, 0.2) is 42.5 Å². The molecule has 43 heavy (non-hydrogen) atoms. The van der Waals surface area contributed by atoms with Crippen LogP contribution in [0.5, 0.6) is 0 Å². The number of amides is 3. The third-order valence-corrected chi connectivity index (χ3v) is 7.25. The summed E-state index contributed by atoms with van der Waals surface area (Å²) in [5.74, 6) is -0.434. The number of rotatable bonds is 15. The van der Waals surface area contributed by atoms with Gasteiger partial charge in [0.15, 0.2) is 0 Å². The molecule has 2 aromatic rings. The number of carbonyl (C=O) groups is 3. The van der Waals surface area contributed by atoms with E-state index in [0.717, 1.165) is 54.4 Å². The molecule has 7 heteroatoms. The summed E-state index contributed by atoms with van der Waals surface area (Å²) in [6, 6.07) is 11.9. The van der Waals surface area contributed by atoms with Gasteiger partial charge < -0.3 is 20.3 Å². The van der Waals surface area contributed by atoms with E-state index in [0.29, 0.717) is 18.7 Å². The lowest BCUT2D eigenvalue weighted by Gasteiger charge is -2.35. The summed E-state index contributed by atoms with van der Waals surface area (Å²) < 4.78 is 5.53. The van der Waals surface area contributed by atoms with Crippen molar-refractivity contribution in [2.24, 2.45) is 5.92 Å². The Labute approximate surface area is 260 Å². The number of hydrogen-bond donors (Lipinski definition) is 2. The van der Waals surface area contributed by atoms with Gasteiger partial charge in [-0.25, -0.2) is 4.79 Å². The van der Waals surface area contributed by atoms with Gasteiger partial charge in [0.25, 0.3) is 5.91 Å². The Balaban J connectivity index is 2.57. The molecule has 0 heterocycles. The fourth-order valence-electron chi connectivity index (χ4n) is 5.33. The molecule has 0 saturated heterocycles. The second kappa shape index (κ2) is 17.1. The van der Waals surface area contributed by atoms with Crippen LogP contribution in [-0.2, 0) is 14.3 Å². The first-order valence-corrected chi connectivity index (χ1v) is 16.0. The zero-order chi connectivity index (χ0) is 32.2. The molecule has 2 aromatic carbocycles. The molecule has 2 atom stereocenters. The minimum atomic E-state index is -0.878. The number of hydrogen-bond acceptors (Lipinski definition) is 4. The van der Waals surface area contributed by atoms with E-state index in [2.05, 4.69) is 23.6 Å². The van der Waals surface area contributed by atoms with E-state index in [1.807, 2.05) is 71.0 Å². The average molecular weight is 594 g/mol. The van der Waals surface area contributed by atoms with Crippen LogP contribution in [-0.4, -0.2) is 41.0 Å². The van der Waals surface area contributed by atoms with Crippen molar-refractivity contribution in [2.45, 2.75) is 125 Å². The molecular formula is C36H55N3O4. The number of unbranched alkanes of at least 4 members (excludes halogenated alkanes) is 5. The molecule has 0 fully saturated rings. The van der Waals surface area contributed by atoms with Gasteiger partial charge in [-0.3, -0.25) is 9.59 Å². The molecule has 7 nitrogen and oxygen atoms in total. The Morgan fingerprint density at radius 3 is 2.07 bits per heavy atom. The first kappa shape index (κ1) is 35.8. The number of alkyl carbamates (subject to hydrolysis) is 1. The molecule has 0 bridgehead atoms. The molecule has 0 saturated carbocycles. The summed E-state index contributed by atoms with van der Waals surface area (Å²) in [7, 11) is 0. The molecule has 238 valence electrons. The van der Waals surface area contributed by atoms with E-state index in [9.17, 15) is 14.4 Å². The Bertz CT molecular complexity index is 1180. The van der Waals surface area contributed by atoms with Crippen LogP contribution in [0.2, 0.25) is 0 Å². The van der Waals surface area contributed by atoms with Crippen molar-refractivity contribution in [3.63, 3.8) is 0 Å². The van der Waals surface area contributed by atoms with Crippen LogP contribution in [0.4, 0.5) is 10.5 Å². The molecule has 3 amide bonds. The van der Waals surface area contributed by atoms with Gasteiger partial charge in [-0.1, -0.05) is 100 Å². The van der Waals surface area contributed by atoms with Crippen LogP contribution in [0.3, 0.4) is 0 Å². The predicted molar refractivity (Wildman–Crippen MR) is 176 cm³/mol. The van der Waals surface area contributed by atoms with Crippen molar-refractivity contribution in [1.29, 1.82) is 0 Å². The zero-order valence-electron chi connectivity index (χ0n) is 28.0. The second-order valence-corrected chi connectivity index (χ2v) is 13.3. The van der Waals surface area contributed by atoms with E-state index in [1.165, 1.54) is 6.42 Å². The van der Waals surface area contributed by atoms with Crippen molar-refractivity contribution >= 4 is 23.6 Å². The monoisotopic (exact) mass is 593 g/mol. The third-order valence-electron chi connectivity index (χ3n) is 7.25. The SMILES string of the molecule is CCCCCCCCN(C(=O)C(CC(C)C)NC(=O)OC(C)(C)C)C(C(=O)Nc1ccccc1C)c1cc(C)cc(C)c1. The van der Waals surface area contributed by atoms with Crippen molar-refractivity contribution in [1.82, 2.24) is 10.2 Å². The summed E-state index contributed by atoms with van der Waals surface area (Å²) >= 11 is 0. The molecule has 0 aromatic heterocycles. The standard InChI is InChI=1S/C36H55N3O4/c1-10-11-12-13-14-17-20-39(34(41)31(21-25(2)3)38-35(42)43-36(7,8)9)32(29-23-26(4)22-27(5)24-29)33(40)37-30-19-16-15-18-28(30)6/h15-16,18-19,22-25,31-32H,10-14,17,20-21H2,1-9H3,(H,37,40)(H,38,42). The largest absolute Gasteiger partial charge is 0.444 e. The highest BCUT2D eigenvalue weighted by Crippen LogP contribution is 2.28. The van der Waals surface area contributed by atoms with E-state index >= 15 is 0 Å². The summed E-state index contributed by atoms with van der Waals surface area (Å²) in [5, 5.41) is 5.95. The molecule has 0 aliphatic rings. The van der Waals surface area contributed by atoms with Crippen LogP contribution < -0.4 is 10.6 Å². The summed E-state index contributed by atoms with van der Waals surface area (Å²) in [6.45, 7) is 17.9. The topological polar surface area (TPSA) is 87.7 Å². The van der Waals surface area contributed by atoms with Gasteiger partial charge in [0.05, 0.1) is 0 Å². The zero-order valence-corrected chi connectivity index (χ0v) is 28.0. The van der Waals surface area contributed by atoms with Gasteiger partial charge in [0.2, 0.25) is 5.91 Å². The highest BCUT2D eigenvalue weighted by Gasteiger charge is 2.36. The van der Waals surface area contributed by atoms with Gasteiger partial charge in [0.1, 0.15) is 17.7 Å². The number of anilines is 1. The van der Waals surface area contributed by atoms with Crippen molar-refractivity contribution < 1.29 is 19.1 Å². The maximum absolute atomic E-state index is 14.5. The quantitative estimate of drug-likeness (QED) is 0.203. The van der Waals surface area contributed by atoms with Crippen LogP contribution >= 0.6 is 0 Å². The molecule has 0 radical (unpaired) electrons. The van der Waals surface area contributed by atoms with Crippen molar-refractivity contribution in [3.8, 4) is 0 Å². The highest BCUT2D eigenvalue weighted by molar-refractivity contribution is 5.99. The van der Waals surface area contributed by atoms with Crippen LogP contribution in [0, 0.1) is 26.7 Å². The Kier molecular flexibility index (Phi) is 14.2. The predicted octanol–water partition coefficient (Wildman–Crippen LogP) is 8.42. The number of ether oxygens (including phenoxy) is 1. The van der Waals surface area contributed by atoms with Crippen LogP contribution in [0.1, 0.15) is 115 Å². The molecule has 0 aliphatic carbocycles. The van der Waals surface area contributed by atoms with Crippen molar-refractivity contribution in [3.05, 3.63) is 64.7 Å². The molecule has 2 N–H and O–H groups in total. The summed E-state index contributed by atoms with van der Waals surface area (Å²) in [4.78, 5) is 43.4. The number of nitrogens with one attached hydrogen (secondary N) is 2. The molecule has 0 spiro atoms. The lowest BCUT2D eigenvalue weighted by atomic mass is 9.96. The van der Waals surface area contributed by atoms with Gasteiger partial charge in [-0.15, -0.1) is 0 Å². The minimum Gasteiger partial charge on any atom is -0.444 e. The van der Waals surface area contributed by atoms with E-state index in [-0.39, 0.29) is 17.7 Å². The maximum Gasteiger partial charge on any atom is 0.408 e. The number of nitrogens with zero attached hydrogens (tertiary/aromatic N) is 1. The van der Waals surface area contributed by atoms with Gasteiger partial charge >= 0.3 is 6.09 Å². The Hall–Kier alpha value is -3.35. The third kappa shape index (κ3) is 12.4. The van der Waals surface area contributed by atoms with E-state index in [4.69, 9.17) is 4.74 Å². The minimum absolute atomic E-state index is 0.125. The smallest absolute Gasteiger partial charge is 0.408 e. The number of para-hydroxylation sites is 1. The number of benzene rings is 2. The van der Waals surface area contributed by atoms with Gasteiger partial charge in [-0.2, -0.15) is 0 Å². The van der Waals surface area contributed by atoms with E-state index < -0.39 is 23.8 Å². The number of aryl methyl sites for hydroxylation is 3. The Morgan fingerprint density at radius 1 is 0.884 bits per heavy atom. The number of carbonyl (C=O) groups excluding carboxylic acids is 3. The van der Waals surface area contributed by atoms with Crippen molar-refractivity contribution in [2.75, 3.05) is 11.9 Å². The Morgan fingerprint density at radius 2 is 1.49 bits per heavy atom. The summed E-state index contributed by atoms with van der Waals surface area (Å²) in [6.07, 6.45) is 6.06. The molecule has 0 aliphatic heterocycles. The van der Waals surface area contributed by atoms with Gasteiger partial charge in [0, 0.05) is 12.2 Å². The first-order valence-electron chi connectivity index (χ1n) is 16.0. The van der Waals surface area contributed by atoms with Gasteiger partial charge in [-0.05, 0) is 77.5 Å². The maximum atomic E-state index is 14.5. The summed E-state index contributed by atoms with van der Waals surface area (Å²) in [5.41, 5.74) is 3.72. The molecule has 2 rings (SSSR count). The highest BCUT2D eigenvalue weighted by atomic mass is 16.6. The molecule has 2 unspecified atom stereocenters. The molecular weight excluding hydrogens is 538 g/mol.